The molecule has 236 valence electrons. The zero-order valence-corrected chi connectivity index (χ0v) is 27.5. The van der Waals surface area contributed by atoms with Gasteiger partial charge in [-0.2, -0.15) is 0 Å². The SMILES string of the molecule is COc1cc(CC(=O)N(NCc2ccc(OCc3ccccc3)cc2)c2ccccc2N2CCCCC2)c(Br)cc1C(=O)O.Cl. The third-order valence-electron chi connectivity index (χ3n) is 7.62. The number of amides is 1. The first-order chi connectivity index (χ1) is 21.4. The molecule has 0 aromatic heterocycles. The van der Waals surface area contributed by atoms with Gasteiger partial charge in [0.15, 0.2) is 0 Å². The van der Waals surface area contributed by atoms with Crippen LogP contribution in [-0.4, -0.2) is 37.2 Å². The Hall–Kier alpha value is -4.05. The summed E-state index contributed by atoms with van der Waals surface area (Å²) in [4.78, 5) is 28.1. The number of hydrogen-bond donors (Lipinski definition) is 2. The second-order valence-electron chi connectivity index (χ2n) is 10.6. The summed E-state index contributed by atoms with van der Waals surface area (Å²) in [6.07, 6.45) is 3.44. The van der Waals surface area contributed by atoms with Crippen LogP contribution in [0.25, 0.3) is 0 Å². The summed E-state index contributed by atoms with van der Waals surface area (Å²) in [5, 5.41) is 11.2. The molecular weight excluding hydrogens is 658 g/mol. The maximum atomic E-state index is 14.1. The molecule has 0 atom stereocenters. The predicted octanol–water partition coefficient (Wildman–Crippen LogP) is 7.43. The number of benzene rings is 4. The second kappa shape index (κ2) is 16.3. The van der Waals surface area contributed by atoms with E-state index in [1.165, 1.54) is 19.6 Å². The second-order valence-corrected chi connectivity index (χ2v) is 11.5. The third-order valence-corrected chi connectivity index (χ3v) is 8.36. The molecule has 2 N–H and O–H groups in total. The van der Waals surface area contributed by atoms with Crippen molar-refractivity contribution in [2.24, 2.45) is 0 Å². The van der Waals surface area contributed by atoms with E-state index in [0.717, 1.165) is 54.2 Å². The molecule has 1 aliphatic heterocycles. The lowest BCUT2D eigenvalue weighted by Gasteiger charge is -2.34. The minimum absolute atomic E-state index is 0. The summed E-state index contributed by atoms with van der Waals surface area (Å²) >= 11 is 3.47. The first kappa shape index (κ1) is 33.8. The maximum absolute atomic E-state index is 14.1. The Morgan fingerprint density at radius 2 is 1.60 bits per heavy atom. The molecule has 0 bridgehead atoms. The van der Waals surface area contributed by atoms with Crippen LogP contribution < -0.4 is 24.8 Å². The van der Waals surface area contributed by atoms with Crippen LogP contribution in [0.4, 0.5) is 11.4 Å². The number of anilines is 2. The fourth-order valence-electron chi connectivity index (χ4n) is 5.29. The Balaban J connectivity index is 0.00000461. The number of aromatic carboxylic acids is 1. The van der Waals surface area contributed by atoms with Crippen molar-refractivity contribution in [3.63, 3.8) is 0 Å². The number of carboxylic acids is 1. The average Bonchev–Trinajstić information content (AvgIpc) is 3.06. The number of methoxy groups -OCH3 is 1. The molecule has 4 aromatic rings. The zero-order chi connectivity index (χ0) is 30.9. The van der Waals surface area contributed by atoms with Gasteiger partial charge in [0, 0.05) is 24.1 Å². The highest BCUT2D eigenvalue weighted by Gasteiger charge is 2.24. The number of hydrazine groups is 1. The largest absolute Gasteiger partial charge is 0.496 e. The Labute approximate surface area is 278 Å². The first-order valence-corrected chi connectivity index (χ1v) is 15.5. The van der Waals surface area contributed by atoms with Crippen LogP contribution in [0.15, 0.2) is 95.5 Å². The number of ether oxygens (including phenoxy) is 2. The highest BCUT2D eigenvalue weighted by molar-refractivity contribution is 9.10. The van der Waals surface area contributed by atoms with E-state index in [-0.39, 0.29) is 36.0 Å². The Kier molecular flexibility index (Phi) is 12.3. The Bertz CT molecular complexity index is 1580. The van der Waals surface area contributed by atoms with Gasteiger partial charge >= 0.3 is 5.97 Å². The molecule has 0 spiro atoms. The van der Waals surface area contributed by atoms with Crippen molar-refractivity contribution in [1.82, 2.24) is 5.43 Å². The maximum Gasteiger partial charge on any atom is 0.339 e. The number of carbonyl (C=O) groups is 2. The minimum Gasteiger partial charge on any atom is -0.496 e. The lowest BCUT2D eigenvalue weighted by Crippen LogP contribution is -2.45. The van der Waals surface area contributed by atoms with Crippen LogP contribution in [0.2, 0.25) is 0 Å². The molecular formula is C35H37BrClN3O5. The van der Waals surface area contributed by atoms with Crippen molar-refractivity contribution < 1.29 is 24.2 Å². The number of piperidine rings is 1. The molecule has 5 rings (SSSR count). The van der Waals surface area contributed by atoms with Crippen LogP contribution in [0, 0.1) is 0 Å². The normalized spacial score (nSPS) is 12.6. The van der Waals surface area contributed by atoms with Gasteiger partial charge in [0.25, 0.3) is 0 Å². The average molecular weight is 695 g/mol. The molecule has 8 nitrogen and oxygen atoms in total. The molecule has 1 fully saturated rings. The van der Waals surface area contributed by atoms with Gasteiger partial charge in [0.2, 0.25) is 5.91 Å². The predicted molar refractivity (Wildman–Crippen MR) is 183 cm³/mol. The van der Waals surface area contributed by atoms with Crippen molar-refractivity contribution >= 4 is 51.6 Å². The number of nitrogens with one attached hydrogen (secondary N) is 1. The van der Waals surface area contributed by atoms with E-state index >= 15 is 0 Å². The molecule has 0 saturated carbocycles. The van der Waals surface area contributed by atoms with E-state index < -0.39 is 5.97 Å². The van der Waals surface area contributed by atoms with E-state index in [4.69, 9.17) is 9.47 Å². The lowest BCUT2D eigenvalue weighted by atomic mass is 10.1. The number of rotatable bonds is 12. The van der Waals surface area contributed by atoms with Gasteiger partial charge in [-0.05, 0) is 72.4 Å². The van der Waals surface area contributed by atoms with Crippen molar-refractivity contribution in [3.8, 4) is 11.5 Å². The molecule has 0 unspecified atom stereocenters. The molecule has 1 amide bonds. The number of hydrogen-bond acceptors (Lipinski definition) is 6. The van der Waals surface area contributed by atoms with Gasteiger partial charge < -0.3 is 19.5 Å². The summed E-state index contributed by atoms with van der Waals surface area (Å²) < 4.78 is 11.8. The van der Waals surface area contributed by atoms with Gasteiger partial charge in [-0.1, -0.05) is 70.5 Å². The van der Waals surface area contributed by atoms with Gasteiger partial charge in [-0.15, -0.1) is 12.4 Å². The fourth-order valence-corrected chi connectivity index (χ4v) is 5.77. The molecule has 0 aliphatic carbocycles. The number of carbonyl (C=O) groups excluding carboxylic acids is 1. The topological polar surface area (TPSA) is 91.3 Å². The molecule has 10 heteroatoms. The minimum atomic E-state index is -1.10. The van der Waals surface area contributed by atoms with Crippen LogP contribution in [0.1, 0.15) is 46.3 Å². The van der Waals surface area contributed by atoms with Crippen LogP contribution in [0.5, 0.6) is 11.5 Å². The highest BCUT2D eigenvalue weighted by Crippen LogP contribution is 2.33. The van der Waals surface area contributed by atoms with Crippen molar-refractivity contribution in [3.05, 3.63) is 118 Å². The highest BCUT2D eigenvalue weighted by atomic mass is 79.9. The third kappa shape index (κ3) is 8.78. The lowest BCUT2D eigenvalue weighted by molar-refractivity contribution is -0.118. The fraction of sp³-hybridized carbons (Fsp3) is 0.257. The molecule has 1 heterocycles. The first-order valence-electron chi connectivity index (χ1n) is 14.7. The summed E-state index contributed by atoms with van der Waals surface area (Å²) in [7, 11) is 1.42. The van der Waals surface area contributed by atoms with Crippen molar-refractivity contribution in [1.29, 1.82) is 0 Å². The van der Waals surface area contributed by atoms with Gasteiger partial charge in [-0.25, -0.2) is 15.2 Å². The standard InChI is InChI=1S/C35H36BrN3O5.ClH/c1-43-33-20-27(30(36)22-29(33)35(41)42)21-34(40)39(32-13-7-6-12-31(32)38-18-8-3-9-19-38)37-23-25-14-16-28(17-15-25)44-24-26-10-4-2-5-11-26;/h2,4-7,10-17,20,22,37H,3,8-9,18-19,21,23-24H2,1H3,(H,41,42);1H. The zero-order valence-electron chi connectivity index (χ0n) is 25.1. The summed E-state index contributed by atoms with van der Waals surface area (Å²) in [5.41, 5.74) is 7.88. The van der Waals surface area contributed by atoms with Crippen LogP contribution in [0.3, 0.4) is 0 Å². The number of para-hydroxylation sites is 2. The van der Waals surface area contributed by atoms with Gasteiger partial charge in [0.05, 0.1) is 24.9 Å². The van der Waals surface area contributed by atoms with E-state index in [0.29, 0.717) is 23.2 Å². The molecule has 45 heavy (non-hydrogen) atoms. The van der Waals surface area contributed by atoms with Gasteiger partial charge in [-0.3, -0.25) is 4.79 Å². The van der Waals surface area contributed by atoms with Crippen molar-refractivity contribution in [2.75, 3.05) is 30.1 Å². The Morgan fingerprint density at radius 1 is 0.911 bits per heavy atom. The van der Waals surface area contributed by atoms with E-state index in [1.807, 2.05) is 72.8 Å². The van der Waals surface area contributed by atoms with Crippen molar-refractivity contribution in [2.45, 2.75) is 38.8 Å². The molecule has 1 saturated heterocycles. The molecule has 1 aliphatic rings. The molecule has 0 radical (unpaired) electrons. The summed E-state index contributed by atoms with van der Waals surface area (Å²) in [5.74, 6) is -0.324. The van der Waals surface area contributed by atoms with Crippen LogP contribution >= 0.6 is 28.3 Å². The summed E-state index contributed by atoms with van der Waals surface area (Å²) in [6.45, 7) is 2.76. The smallest absolute Gasteiger partial charge is 0.339 e. The van der Waals surface area contributed by atoms with E-state index in [1.54, 1.807) is 11.1 Å². The van der Waals surface area contributed by atoms with E-state index in [9.17, 15) is 14.7 Å². The van der Waals surface area contributed by atoms with E-state index in [2.05, 4.69) is 32.3 Å². The quantitative estimate of drug-likeness (QED) is 0.149. The number of nitrogens with zero attached hydrogens (tertiary/aromatic N) is 2. The molecule has 4 aromatic carbocycles. The number of carboxylic acid groups (broad SMARTS) is 1. The summed E-state index contributed by atoms with van der Waals surface area (Å²) in [6, 6.07) is 28.9. The van der Waals surface area contributed by atoms with Gasteiger partial charge in [0.1, 0.15) is 23.7 Å². The monoisotopic (exact) mass is 693 g/mol. The van der Waals surface area contributed by atoms with Crippen LogP contribution in [-0.2, 0) is 24.4 Å². The number of halogens is 2. The Morgan fingerprint density at radius 3 is 2.29 bits per heavy atom.